The summed E-state index contributed by atoms with van der Waals surface area (Å²) in [6.45, 7) is 6.79. The zero-order chi connectivity index (χ0) is 21.7. The number of nitro groups is 1. The molecule has 0 aliphatic carbocycles. The van der Waals surface area contributed by atoms with E-state index in [4.69, 9.17) is 4.74 Å². The molecule has 0 spiro atoms. The summed E-state index contributed by atoms with van der Waals surface area (Å²) in [4.78, 5) is 49.1. The monoisotopic (exact) mass is 420 g/mol. The zero-order valence-corrected chi connectivity index (χ0v) is 17.5. The molecule has 3 rings (SSSR count). The van der Waals surface area contributed by atoms with Crippen LogP contribution in [0.15, 0.2) is 6.33 Å². The molecule has 0 aromatic carbocycles. The summed E-state index contributed by atoms with van der Waals surface area (Å²) in [6, 6.07) is 0. The van der Waals surface area contributed by atoms with Crippen LogP contribution < -0.4 is 9.80 Å². The van der Waals surface area contributed by atoms with Crippen molar-refractivity contribution in [1.29, 1.82) is 0 Å². The number of anilines is 2. The minimum absolute atomic E-state index is 0.000744. The molecule has 0 N–H and O–H groups in total. The Balaban J connectivity index is 1.80. The minimum atomic E-state index is -0.435. The summed E-state index contributed by atoms with van der Waals surface area (Å²) in [6.07, 6.45) is 3.18. The number of carbonyl (C=O) groups is 2. The molecule has 2 aliphatic heterocycles. The maximum Gasteiger partial charge on any atom is 0.353 e. The van der Waals surface area contributed by atoms with Crippen LogP contribution in [0, 0.1) is 16.0 Å². The lowest BCUT2D eigenvalue weighted by atomic mass is 9.97. The Hall–Kier alpha value is -2.98. The van der Waals surface area contributed by atoms with Crippen molar-refractivity contribution in [2.75, 3.05) is 55.7 Å². The number of amides is 1. The summed E-state index contributed by atoms with van der Waals surface area (Å²) < 4.78 is 5.09. The van der Waals surface area contributed by atoms with Gasteiger partial charge in [0.05, 0.1) is 17.4 Å². The number of hydrogen-bond donors (Lipinski definition) is 0. The molecular formula is C19H28N6O5. The first-order valence-corrected chi connectivity index (χ1v) is 10.3. The molecule has 2 aliphatic rings. The van der Waals surface area contributed by atoms with Gasteiger partial charge >= 0.3 is 11.7 Å². The van der Waals surface area contributed by atoms with Gasteiger partial charge in [0.25, 0.3) is 0 Å². The van der Waals surface area contributed by atoms with E-state index in [1.807, 2.05) is 9.80 Å². The molecule has 1 aromatic rings. The van der Waals surface area contributed by atoms with Gasteiger partial charge in [0.1, 0.15) is 6.33 Å². The summed E-state index contributed by atoms with van der Waals surface area (Å²) in [5.41, 5.74) is -0.122. The van der Waals surface area contributed by atoms with Gasteiger partial charge in [0, 0.05) is 46.2 Å². The van der Waals surface area contributed by atoms with Crippen LogP contribution in [0.2, 0.25) is 0 Å². The Morgan fingerprint density at radius 2 is 1.73 bits per heavy atom. The van der Waals surface area contributed by atoms with Crippen molar-refractivity contribution in [3.8, 4) is 0 Å². The van der Waals surface area contributed by atoms with Gasteiger partial charge in [-0.3, -0.25) is 19.7 Å². The van der Waals surface area contributed by atoms with Crippen LogP contribution in [-0.4, -0.2) is 77.5 Å². The second kappa shape index (κ2) is 9.68. The van der Waals surface area contributed by atoms with Crippen molar-refractivity contribution in [1.82, 2.24) is 14.9 Å². The average molecular weight is 420 g/mol. The average Bonchev–Trinajstić information content (AvgIpc) is 3.00. The fourth-order valence-corrected chi connectivity index (χ4v) is 4.02. The Bertz CT molecular complexity index is 796. The molecule has 30 heavy (non-hydrogen) atoms. The summed E-state index contributed by atoms with van der Waals surface area (Å²) >= 11 is 0. The van der Waals surface area contributed by atoms with Crippen LogP contribution >= 0.6 is 0 Å². The molecular weight excluding hydrogens is 392 g/mol. The number of esters is 1. The molecule has 2 fully saturated rings. The van der Waals surface area contributed by atoms with E-state index in [1.54, 1.807) is 11.8 Å². The molecule has 0 atom stereocenters. The van der Waals surface area contributed by atoms with Crippen molar-refractivity contribution in [3.63, 3.8) is 0 Å². The molecule has 3 heterocycles. The first kappa shape index (κ1) is 21.7. The van der Waals surface area contributed by atoms with Gasteiger partial charge in [-0.15, -0.1) is 0 Å². The Labute approximate surface area is 175 Å². The summed E-state index contributed by atoms with van der Waals surface area (Å²) in [7, 11) is 0. The van der Waals surface area contributed by atoms with Crippen LogP contribution in [0.3, 0.4) is 0 Å². The van der Waals surface area contributed by atoms with Gasteiger partial charge in [-0.2, -0.15) is 0 Å². The molecule has 2 saturated heterocycles. The number of rotatable bonds is 5. The van der Waals surface area contributed by atoms with E-state index < -0.39 is 4.92 Å². The molecule has 0 unspecified atom stereocenters. The van der Waals surface area contributed by atoms with E-state index in [0.29, 0.717) is 65.1 Å². The number of ether oxygens (including phenoxy) is 1. The lowest BCUT2D eigenvalue weighted by molar-refractivity contribution is -0.383. The fraction of sp³-hybridized carbons (Fsp3) is 0.684. The predicted octanol–water partition coefficient (Wildman–Crippen LogP) is 1.22. The second-order valence-electron chi connectivity index (χ2n) is 7.49. The smallest absolute Gasteiger partial charge is 0.353 e. The maximum absolute atomic E-state index is 12.0. The highest BCUT2D eigenvalue weighted by Crippen LogP contribution is 2.36. The minimum Gasteiger partial charge on any atom is -0.466 e. The summed E-state index contributed by atoms with van der Waals surface area (Å²) in [5, 5.41) is 12.0. The lowest BCUT2D eigenvalue weighted by Crippen LogP contribution is -2.38. The highest BCUT2D eigenvalue weighted by Gasteiger charge is 2.34. The molecule has 0 saturated carbocycles. The number of carbonyl (C=O) groups excluding carboxylic acids is 2. The number of piperidine rings is 1. The highest BCUT2D eigenvalue weighted by atomic mass is 16.6. The molecule has 0 radical (unpaired) electrons. The molecule has 11 nitrogen and oxygen atoms in total. The SMILES string of the molecule is CCOC(=O)C1CCN(c2ncnc(N3CCCN(C(C)=O)CC3)c2[N+](=O)[O-])CC1. The van der Waals surface area contributed by atoms with Gasteiger partial charge in [0.2, 0.25) is 17.5 Å². The maximum atomic E-state index is 12.0. The van der Waals surface area contributed by atoms with E-state index in [-0.39, 0.29) is 35.1 Å². The topological polar surface area (TPSA) is 122 Å². The van der Waals surface area contributed by atoms with Crippen LogP contribution in [0.25, 0.3) is 0 Å². The van der Waals surface area contributed by atoms with E-state index in [1.165, 1.54) is 13.3 Å². The molecule has 1 aromatic heterocycles. The number of nitrogens with zero attached hydrogens (tertiary/aromatic N) is 6. The van der Waals surface area contributed by atoms with E-state index in [0.717, 1.165) is 0 Å². The van der Waals surface area contributed by atoms with E-state index in [2.05, 4.69) is 9.97 Å². The third-order valence-electron chi connectivity index (χ3n) is 5.62. The van der Waals surface area contributed by atoms with Gasteiger partial charge in [-0.05, 0) is 26.2 Å². The van der Waals surface area contributed by atoms with Gasteiger partial charge in [-0.1, -0.05) is 0 Å². The van der Waals surface area contributed by atoms with Crippen molar-refractivity contribution < 1.29 is 19.2 Å². The number of aromatic nitrogens is 2. The van der Waals surface area contributed by atoms with Crippen molar-refractivity contribution in [2.45, 2.75) is 33.1 Å². The standard InChI is InChI=1S/C19H28N6O5/c1-3-30-19(27)15-5-9-24(10-6-15)18-16(25(28)29)17(20-13-21-18)23-8-4-7-22(11-12-23)14(2)26/h13,15H,3-12H2,1-2H3. The highest BCUT2D eigenvalue weighted by molar-refractivity contribution is 5.75. The summed E-state index contributed by atoms with van der Waals surface area (Å²) in [5.74, 6) is 0.154. The van der Waals surface area contributed by atoms with Crippen LogP contribution in [0.5, 0.6) is 0 Å². The lowest BCUT2D eigenvalue weighted by Gasteiger charge is -2.32. The fourth-order valence-electron chi connectivity index (χ4n) is 4.02. The predicted molar refractivity (Wildman–Crippen MR) is 109 cm³/mol. The normalized spacial score (nSPS) is 18.1. The third kappa shape index (κ3) is 4.77. The molecule has 0 bridgehead atoms. The molecule has 164 valence electrons. The van der Waals surface area contributed by atoms with Crippen molar-refractivity contribution in [3.05, 3.63) is 16.4 Å². The second-order valence-corrected chi connectivity index (χ2v) is 7.49. The van der Waals surface area contributed by atoms with Crippen LogP contribution in [0.1, 0.15) is 33.1 Å². The van der Waals surface area contributed by atoms with E-state index >= 15 is 0 Å². The van der Waals surface area contributed by atoms with Crippen LogP contribution in [-0.2, 0) is 14.3 Å². The zero-order valence-electron chi connectivity index (χ0n) is 17.5. The van der Waals surface area contributed by atoms with E-state index in [9.17, 15) is 19.7 Å². The number of hydrogen-bond acceptors (Lipinski definition) is 9. The first-order valence-electron chi connectivity index (χ1n) is 10.3. The van der Waals surface area contributed by atoms with Crippen LogP contribution in [0.4, 0.5) is 17.3 Å². The molecule has 11 heteroatoms. The van der Waals surface area contributed by atoms with Gasteiger partial charge in [0.15, 0.2) is 0 Å². The Kier molecular flexibility index (Phi) is 7.01. The van der Waals surface area contributed by atoms with Gasteiger partial charge < -0.3 is 19.4 Å². The van der Waals surface area contributed by atoms with Gasteiger partial charge in [-0.25, -0.2) is 9.97 Å². The molecule has 1 amide bonds. The first-order chi connectivity index (χ1) is 14.4. The largest absolute Gasteiger partial charge is 0.466 e. The third-order valence-corrected chi connectivity index (χ3v) is 5.62. The van der Waals surface area contributed by atoms with Crippen molar-refractivity contribution in [2.24, 2.45) is 5.92 Å². The Morgan fingerprint density at radius 3 is 2.30 bits per heavy atom. The van der Waals surface area contributed by atoms with Crippen molar-refractivity contribution >= 4 is 29.2 Å². The Morgan fingerprint density at radius 1 is 1.10 bits per heavy atom. The quantitative estimate of drug-likeness (QED) is 0.393.